The second kappa shape index (κ2) is 4.22. The molecule has 5 heteroatoms. The predicted octanol–water partition coefficient (Wildman–Crippen LogP) is 0.158. The highest BCUT2D eigenvalue weighted by molar-refractivity contribution is 6.02. The maximum Gasteiger partial charge on any atom is 0.246 e. The molecule has 1 heterocycles. The Morgan fingerprint density at radius 1 is 1.19 bits per heavy atom. The fraction of sp³-hybridized carbons (Fsp3) is 0.273. The van der Waals surface area contributed by atoms with Crippen LogP contribution in [0.25, 0.3) is 0 Å². The molecule has 5 nitrogen and oxygen atoms in total. The van der Waals surface area contributed by atoms with Crippen LogP contribution in [0.2, 0.25) is 0 Å². The molecule has 0 atom stereocenters. The van der Waals surface area contributed by atoms with Gasteiger partial charge in [-0.15, -0.1) is 0 Å². The summed E-state index contributed by atoms with van der Waals surface area (Å²) in [6, 6.07) is 7.31. The third kappa shape index (κ3) is 1.98. The van der Waals surface area contributed by atoms with Crippen LogP contribution >= 0.6 is 0 Å². The number of anilines is 1. The monoisotopic (exact) mass is 220 g/mol. The van der Waals surface area contributed by atoms with Crippen LogP contribution in [0, 0.1) is 0 Å². The summed E-state index contributed by atoms with van der Waals surface area (Å²) in [7, 11) is 1.56. The summed E-state index contributed by atoms with van der Waals surface area (Å²) in [6.07, 6.45) is 0. The number of methoxy groups -OCH3 is 1. The quantitative estimate of drug-likeness (QED) is 0.721. The molecule has 0 saturated carbocycles. The highest BCUT2D eigenvalue weighted by Gasteiger charge is 2.24. The molecule has 0 aromatic heterocycles. The molecule has 1 aromatic carbocycles. The van der Waals surface area contributed by atoms with Crippen LogP contribution in [0.1, 0.15) is 0 Å². The largest absolute Gasteiger partial charge is 0.495 e. The fourth-order valence-electron chi connectivity index (χ4n) is 1.70. The zero-order valence-corrected chi connectivity index (χ0v) is 8.90. The average Bonchev–Trinajstić information content (AvgIpc) is 2.27. The summed E-state index contributed by atoms with van der Waals surface area (Å²) in [6.45, 7) is 0.345. The van der Waals surface area contributed by atoms with Crippen molar-refractivity contribution in [3.05, 3.63) is 24.3 Å². The van der Waals surface area contributed by atoms with Gasteiger partial charge < -0.3 is 9.64 Å². The first kappa shape index (κ1) is 10.5. The molecule has 2 amide bonds. The molecule has 1 saturated heterocycles. The Morgan fingerprint density at radius 2 is 1.81 bits per heavy atom. The Bertz CT molecular complexity index is 415. The molecule has 1 aromatic rings. The van der Waals surface area contributed by atoms with E-state index < -0.39 is 0 Å². The number of hydrogen-bond acceptors (Lipinski definition) is 4. The SMILES string of the molecule is COc1ccccc1N1CC(=O)NC(=O)C1. The molecule has 0 radical (unpaired) electrons. The fourth-order valence-corrected chi connectivity index (χ4v) is 1.70. The van der Waals surface area contributed by atoms with Gasteiger partial charge in [0.05, 0.1) is 25.9 Å². The lowest BCUT2D eigenvalue weighted by Gasteiger charge is -2.28. The number of nitrogens with one attached hydrogen (secondary N) is 1. The number of carbonyl (C=O) groups is 2. The lowest BCUT2D eigenvalue weighted by Crippen LogP contribution is -2.51. The molecule has 1 fully saturated rings. The van der Waals surface area contributed by atoms with Gasteiger partial charge >= 0.3 is 0 Å². The van der Waals surface area contributed by atoms with Crippen molar-refractivity contribution in [3.8, 4) is 5.75 Å². The van der Waals surface area contributed by atoms with Crippen molar-refractivity contribution in [2.75, 3.05) is 25.1 Å². The van der Waals surface area contributed by atoms with E-state index in [0.717, 1.165) is 5.69 Å². The first-order chi connectivity index (χ1) is 7.70. The topological polar surface area (TPSA) is 58.6 Å². The van der Waals surface area contributed by atoms with Gasteiger partial charge in [0.1, 0.15) is 5.75 Å². The van der Waals surface area contributed by atoms with Crippen molar-refractivity contribution in [2.45, 2.75) is 0 Å². The van der Waals surface area contributed by atoms with E-state index in [1.807, 2.05) is 18.2 Å². The summed E-state index contributed by atoms with van der Waals surface area (Å²) < 4.78 is 5.18. The van der Waals surface area contributed by atoms with E-state index in [9.17, 15) is 9.59 Å². The number of piperazine rings is 1. The zero-order valence-electron chi connectivity index (χ0n) is 8.90. The lowest BCUT2D eigenvalue weighted by molar-refractivity contribution is -0.130. The maximum absolute atomic E-state index is 11.2. The number of hydrogen-bond donors (Lipinski definition) is 1. The molecule has 1 aliphatic heterocycles. The van der Waals surface area contributed by atoms with E-state index in [1.165, 1.54) is 0 Å². The van der Waals surface area contributed by atoms with Crippen LogP contribution in [0.15, 0.2) is 24.3 Å². The maximum atomic E-state index is 11.2. The van der Waals surface area contributed by atoms with Crippen LogP contribution in [0.5, 0.6) is 5.75 Å². The summed E-state index contributed by atoms with van der Waals surface area (Å²) in [5.41, 5.74) is 0.758. The van der Waals surface area contributed by atoms with Crippen molar-refractivity contribution >= 4 is 17.5 Å². The van der Waals surface area contributed by atoms with Gasteiger partial charge in [0.2, 0.25) is 11.8 Å². The Hall–Kier alpha value is -2.04. The number of para-hydroxylation sites is 2. The highest BCUT2D eigenvalue weighted by Crippen LogP contribution is 2.27. The van der Waals surface area contributed by atoms with Crippen LogP contribution < -0.4 is 15.0 Å². The third-order valence-corrected chi connectivity index (χ3v) is 2.37. The van der Waals surface area contributed by atoms with Gasteiger partial charge in [-0.3, -0.25) is 14.9 Å². The van der Waals surface area contributed by atoms with Gasteiger partial charge in [0, 0.05) is 0 Å². The predicted molar refractivity (Wildman–Crippen MR) is 58.4 cm³/mol. The number of imide groups is 1. The average molecular weight is 220 g/mol. The number of carbonyl (C=O) groups excluding carboxylic acids is 2. The third-order valence-electron chi connectivity index (χ3n) is 2.37. The second-order valence-electron chi connectivity index (χ2n) is 3.50. The standard InChI is InChI=1S/C11H12N2O3/c1-16-9-5-3-2-4-8(9)13-6-10(14)12-11(15)7-13/h2-5H,6-7H2,1H3,(H,12,14,15). The minimum atomic E-state index is -0.290. The molecule has 2 rings (SSSR count). The summed E-state index contributed by atoms with van der Waals surface area (Å²) in [4.78, 5) is 24.2. The molecule has 0 unspecified atom stereocenters. The van der Waals surface area contributed by atoms with E-state index in [-0.39, 0.29) is 24.9 Å². The number of benzene rings is 1. The van der Waals surface area contributed by atoms with Crippen LogP contribution in [-0.4, -0.2) is 32.0 Å². The molecule has 16 heavy (non-hydrogen) atoms. The molecule has 1 N–H and O–H groups in total. The van der Waals surface area contributed by atoms with E-state index >= 15 is 0 Å². The minimum Gasteiger partial charge on any atom is -0.495 e. The van der Waals surface area contributed by atoms with Gasteiger partial charge in [-0.25, -0.2) is 0 Å². The molecule has 1 aliphatic rings. The Morgan fingerprint density at radius 3 is 2.44 bits per heavy atom. The van der Waals surface area contributed by atoms with Gasteiger partial charge in [0.15, 0.2) is 0 Å². The molecule has 84 valence electrons. The zero-order chi connectivity index (χ0) is 11.5. The summed E-state index contributed by atoms with van der Waals surface area (Å²) in [5, 5.41) is 2.26. The van der Waals surface area contributed by atoms with Crippen LogP contribution in [0.3, 0.4) is 0 Å². The number of ether oxygens (including phenoxy) is 1. The van der Waals surface area contributed by atoms with Crippen molar-refractivity contribution in [3.63, 3.8) is 0 Å². The Labute approximate surface area is 93.0 Å². The van der Waals surface area contributed by atoms with Gasteiger partial charge in [-0.2, -0.15) is 0 Å². The lowest BCUT2D eigenvalue weighted by atomic mass is 10.2. The second-order valence-corrected chi connectivity index (χ2v) is 3.50. The summed E-state index contributed by atoms with van der Waals surface area (Å²) >= 11 is 0. The Balaban J connectivity index is 2.29. The van der Waals surface area contributed by atoms with Gasteiger partial charge in [-0.05, 0) is 12.1 Å². The van der Waals surface area contributed by atoms with E-state index in [4.69, 9.17) is 4.74 Å². The van der Waals surface area contributed by atoms with Gasteiger partial charge in [0.25, 0.3) is 0 Å². The first-order valence-corrected chi connectivity index (χ1v) is 4.91. The molecular formula is C11H12N2O3. The number of amides is 2. The van der Waals surface area contributed by atoms with E-state index in [0.29, 0.717) is 5.75 Å². The summed E-state index contributed by atoms with van der Waals surface area (Å²) in [5.74, 6) is 0.0781. The van der Waals surface area contributed by atoms with Crippen molar-refractivity contribution in [2.24, 2.45) is 0 Å². The molecule has 0 spiro atoms. The van der Waals surface area contributed by atoms with Crippen molar-refractivity contribution < 1.29 is 14.3 Å². The number of rotatable bonds is 2. The van der Waals surface area contributed by atoms with Crippen LogP contribution in [-0.2, 0) is 9.59 Å². The van der Waals surface area contributed by atoms with Crippen LogP contribution in [0.4, 0.5) is 5.69 Å². The van der Waals surface area contributed by atoms with Crippen molar-refractivity contribution in [1.82, 2.24) is 5.32 Å². The normalized spacial score (nSPS) is 15.9. The highest BCUT2D eigenvalue weighted by atomic mass is 16.5. The number of nitrogens with zero attached hydrogens (tertiary/aromatic N) is 1. The first-order valence-electron chi connectivity index (χ1n) is 4.91. The van der Waals surface area contributed by atoms with Gasteiger partial charge in [-0.1, -0.05) is 12.1 Å². The molecule has 0 aliphatic carbocycles. The molecular weight excluding hydrogens is 208 g/mol. The Kier molecular flexibility index (Phi) is 2.76. The van der Waals surface area contributed by atoms with E-state index in [2.05, 4.69) is 5.32 Å². The molecule has 0 bridgehead atoms. The van der Waals surface area contributed by atoms with Crippen molar-refractivity contribution in [1.29, 1.82) is 0 Å². The smallest absolute Gasteiger partial charge is 0.246 e. The minimum absolute atomic E-state index is 0.173. The van der Waals surface area contributed by atoms with E-state index in [1.54, 1.807) is 18.1 Å².